The zero-order valence-electron chi connectivity index (χ0n) is 10.5. The van der Waals surface area contributed by atoms with Crippen LogP contribution >= 0.6 is 11.6 Å². The van der Waals surface area contributed by atoms with E-state index in [4.69, 9.17) is 11.6 Å². The SMILES string of the molecule is O=C1CC2c3ccccc3C(=O)N2c2ccc(Cl)cc21. The quantitative estimate of drug-likeness (QED) is 0.740. The van der Waals surface area contributed by atoms with E-state index in [0.717, 1.165) is 5.56 Å². The summed E-state index contributed by atoms with van der Waals surface area (Å²) in [5.41, 5.74) is 2.83. The number of amides is 1. The molecular weight excluding hydrogens is 274 g/mol. The van der Waals surface area contributed by atoms with Crippen LogP contribution in [0.1, 0.15) is 38.7 Å². The molecule has 2 aromatic carbocycles. The Morgan fingerprint density at radius 3 is 2.70 bits per heavy atom. The number of hydrogen-bond donors (Lipinski definition) is 0. The first-order chi connectivity index (χ1) is 9.66. The number of benzene rings is 2. The van der Waals surface area contributed by atoms with Crippen LogP contribution in [0.15, 0.2) is 42.5 Å². The van der Waals surface area contributed by atoms with Crippen LogP contribution in [0.4, 0.5) is 5.69 Å². The highest BCUT2D eigenvalue weighted by molar-refractivity contribution is 6.31. The summed E-state index contributed by atoms with van der Waals surface area (Å²) in [6, 6.07) is 12.4. The molecule has 1 amide bonds. The van der Waals surface area contributed by atoms with Crippen molar-refractivity contribution in [1.29, 1.82) is 0 Å². The molecule has 2 aromatic rings. The third-order valence-corrected chi connectivity index (χ3v) is 4.21. The Balaban J connectivity index is 1.96. The average molecular weight is 284 g/mol. The Labute approximate surface area is 120 Å². The van der Waals surface area contributed by atoms with Crippen molar-refractivity contribution in [3.8, 4) is 0 Å². The summed E-state index contributed by atoms with van der Waals surface area (Å²) in [6.07, 6.45) is 0.316. The zero-order valence-corrected chi connectivity index (χ0v) is 11.2. The summed E-state index contributed by atoms with van der Waals surface area (Å²) in [5.74, 6) is -0.00470. The van der Waals surface area contributed by atoms with Gasteiger partial charge >= 0.3 is 0 Å². The molecule has 1 unspecified atom stereocenters. The largest absolute Gasteiger partial charge is 0.300 e. The molecular formula is C16H10ClNO2. The van der Waals surface area contributed by atoms with Gasteiger partial charge in [0.2, 0.25) is 0 Å². The average Bonchev–Trinajstić information content (AvgIpc) is 2.73. The number of halogens is 1. The highest BCUT2D eigenvalue weighted by atomic mass is 35.5. The number of anilines is 1. The van der Waals surface area contributed by atoms with Crippen molar-refractivity contribution in [2.75, 3.05) is 4.90 Å². The van der Waals surface area contributed by atoms with E-state index in [-0.39, 0.29) is 17.7 Å². The molecule has 4 rings (SSSR count). The van der Waals surface area contributed by atoms with Crippen LogP contribution in [0, 0.1) is 0 Å². The molecule has 0 spiro atoms. The molecule has 0 aromatic heterocycles. The molecule has 4 heteroatoms. The molecule has 0 bridgehead atoms. The van der Waals surface area contributed by atoms with Gasteiger partial charge in [-0.2, -0.15) is 0 Å². The smallest absolute Gasteiger partial charge is 0.259 e. The number of hydrogen-bond acceptors (Lipinski definition) is 2. The monoisotopic (exact) mass is 283 g/mol. The molecule has 3 nitrogen and oxygen atoms in total. The van der Waals surface area contributed by atoms with E-state index in [1.807, 2.05) is 24.3 Å². The lowest BCUT2D eigenvalue weighted by Crippen LogP contribution is -2.34. The first-order valence-electron chi connectivity index (χ1n) is 6.42. The van der Waals surface area contributed by atoms with E-state index in [2.05, 4.69) is 0 Å². The molecule has 0 saturated carbocycles. The molecule has 0 N–H and O–H groups in total. The topological polar surface area (TPSA) is 37.4 Å². The predicted molar refractivity (Wildman–Crippen MR) is 76.4 cm³/mol. The number of nitrogens with zero attached hydrogens (tertiary/aromatic N) is 1. The molecule has 0 aliphatic carbocycles. The van der Waals surface area contributed by atoms with Gasteiger partial charge in [0, 0.05) is 22.6 Å². The molecule has 2 heterocycles. The highest BCUT2D eigenvalue weighted by Gasteiger charge is 2.43. The van der Waals surface area contributed by atoms with Gasteiger partial charge in [0.1, 0.15) is 0 Å². The summed E-state index contributed by atoms with van der Waals surface area (Å²) in [5, 5.41) is 0.514. The van der Waals surface area contributed by atoms with E-state index in [1.54, 1.807) is 23.1 Å². The third-order valence-electron chi connectivity index (χ3n) is 3.98. The zero-order chi connectivity index (χ0) is 13.9. The Bertz CT molecular complexity index is 769. The standard InChI is InChI=1S/C16H10ClNO2/c17-9-5-6-13-12(7-9)15(19)8-14-10-3-1-2-4-11(10)16(20)18(13)14/h1-7,14H,8H2. The van der Waals surface area contributed by atoms with Gasteiger partial charge in [-0.3, -0.25) is 14.5 Å². The van der Waals surface area contributed by atoms with Gasteiger partial charge < -0.3 is 0 Å². The fourth-order valence-corrected chi connectivity index (χ4v) is 3.27. The van der Waals surface area contributed by atoms with Gasteiger partial charge in [-0.05, 0) is 29.8 Å². The lowest BCUT2D eigenvalue weighted by atomic mass is 9.92. The number of fused-ring (bicyclic) bond motifs is 5. The highest BCUT2D eigenvalue weighted by Crippen LogP contribution is 2.45. The van der Waals surface area contributed by atoms with Gasteiger partial charge in [0.05, 0.1) is 11.7 Å². The second-order valence-corrected chi connectivity index (χ2v) is 5.50. The van der Waals surface area contributed by atoms with Crippen LogP contribution in [0.25, 0.3) is 0 Å². The summed E-state index contributed by atoms with van der Waals surface area (Å²) in [7, 11) is 0. The normalized spacial score (nSPS) is 19.6. The van der Waals surface area contributed by atoms with Gasteiger partial charge in [-0.25, -0.2) is 0 Å². The molecule has 0 radical (unpaired) electrons. The van der Waals surface area contributed by atoms with Crippen molar-refractivity contribution in [2.24, 2.45) is 0 Å². The maximum absolute atomic E-state index is 12.6. The van der Waals surface area contributed by atoms with E-state index in [9.17, 15) is 9.59 Å². The van der Waals surface area contributed by atoms with Crippen LogP contribution in [0.2, 0.25) is 5.02 Å². The minimum absolute atomic E-state index is 0.0354. The Morgan fingerprint density at radius 1 is 1.05 bits per heavy atom. The number of rotatable bonds is 0. The summed E-state index contributed by atoms with van der Waals surface area (Å²) in [4.78, 5) is 26.6. The molecule has 1 atom stereocenters. The minimum Gasteiger partial charge on any atom is -0.300 e. The predicted octanol–water partition coefficient (Wildman–Crippen LogP) is 3.63. The van der Waals surface area contributed by atoms with E-state index in [1.165, 1.54) is 0 Å². The molecule has 20 heavy (non-hydrogen) atoms. The van der Waals surface area contributed by atoms with Crippen LogP contribution < -0.4 is 4.90 Å². The third kappa shape index (κ3) is 1.41. The summed E-state index contributed by atoms with van der Waals surface area (Å²) < 4.78 is 0. The molecule has 0 fully saturated rings. The number of ketones is 1. The van der Waals surface area contributed by atoms with Crippen molar-refractivity contribution in [3.05, 3.63) is 64.2 Å². The first kappa shape index (κ1) is 11.7. The second kappa shape index (κ2) is 3.93. The van der Waals surface area contributed by atoms with Gasteiger partial charge in [0.15, 0.2) is 5.78 Å². The maximum Gasteiger partial charge on any atom is 0.259 e. The van der Waals surface area contributed by atoms with Crippen LogP contribution in [-0.2, 0) is 0 Å². The fourth-order valence-electron chi connectivity index (χ4n) is 3.10. The fraction of sp³-hybridized carbons (Fsp3) is 0.125. The van der Waals surface area contributed by atoms with Crippen LogP contribution in [0.3, 0.4) is 0 Å². The molecule has 0 saturated heterocycles. The van der Waals surface area contributed by atoms with Gasteiger partial charge in [0.25, 0.3) is 5.91 Å². The Hall–Kier alpha value is -2.13. The Kier molecular flexibility index (Phi) is 2.30. The number of carbonyl (C=O) groups is 2. The minimum atomic E-state index is -0.181. The van der Waals surface area contributed by atoms with E-state index in [0.29, 0.717) is 28.3 Å². The maximum atomic E-state index is 12.6. The number of Topliss-reactive ketones (excluding diaryl/α,β-unsaturated/α-hetero) is 1. The van der Waals surface area contributed by atoms with E-state index < -0.39 is 0 Å². The van der Waals surface area contributed by atoms with Crippen molar-refractivity contribution < 1.29 is 9.59 Å². The van der Waals surface area contributed by atoms with Crippen molar-refractivity contribution in [2.45, 2.75) is 12.5 Å². The summed E-state index contributed by atoms with van der Waals surface area (Å²) >= 11 is 5.95. The molecule has 2 aliphatic heterocycles. The summed E-state index contributed by atoms with van der Waals surface area (Å²) in [6.45, 7) is 0. The van der Waals surface area contributed by atoms with Gasteiger partial charge in [-0.15, -0.1) is 0 Å². The van der Waals surface area contributed by atoms with Crippen molar-refractivity contribution >= 4 is 29.0 Å². The van der Waals surface area contributed by atoms with E-state index >= 15 is 0 Å². The van der Waals surface area contributed by atoms with Crippen LogP contribution in [0.5, 0.6) is 0 Å². The number of carbonyl (C=O) groups excluding carboxylic acids is 2. The van der Waals surface area contributed by atoms with Gasteiger partial charge in [-0.1, -0.05) is 29.8 Å². The molecule has 2 aliphatic rings. The van der Waals surface area contributed by atoms with Crippen molar-refractivity contribution in [3.63, 3.8) is 0 Å². The Morgan fingerprint density at radius 2 is 1.85 bits per heavy atom. The second-order valence-electron chi connectivity index (χ2n) is 5.07. The van der Waals surface area contributed by atoms with Crippen LogP contribution in [-0.4, -0.2) is 11.7 Å². The first-order valence-corrected chi connectivity index (χ1v) is 6.80. The lowest BCUT2D eigenvalue weighted by Gasteiger charge is -2.31. The molecule has 98 valence electrons. The lowest BCUT2D eigenvalue weighted by molar-refractivity contribution is 0.0947. The van der Waals surface area contributed by atoms with Crippen molar-refractivity contribution in [1.82, 2.24) is 0 Å².